The average molecular weight is 381 g/mol. The number of halogens is 1. The highest BCUT2D eigenvalue weighted by Crippen LogP contribution is 2.18. The summed E-state index contributed by atoms with van der Waals surface area (Å²) in [6.07, 6.45) is 1.74. The van der Waals surface area contributed by atoms with Gasteiger partial charge in [-0.3, -0.25) is 0 Å². The van der Waals surface area contributed by atoms with Gasteiger partial charge in [0.2, 0.25) is 0 Å². The zero-order chi connectivity index (χ0) is 16.6. The first kappa shape index (κ1) is 16.0. The van der Waals surface area contributed by atoms with E-state index in [-0.39, 0.29) is 11.6 Å². The van der Waals surface area contributed by atoms with Crippen LogP contribution < -0.4 is 10.2 Å². The maximum absolute atomic E-state index is 12.2. The summed E-state index contributed by atoms with van der Waals surface area (Å²) in [5.74, 6) is 0.895. The van der Waals surface area contributed by atoms with Crippen molar-refractivity contribution >= 4 is 33.4 Å². The third-order valence-electron chi connectivity index (χ3n) is 3.68. The fourth-order valence-electron chi connectivity index (χ4n) is 2.54. The van der Waals surface area contributed by atoms with Crippen molar-refractivity contribution in [1.82, 2.24) is 24.8 Å². The minimum atomic E-state index is -0.214. The number of urea groups is 1. The van der Waals surface area contributed by atoms with Crippen LogP contribution in [-0.4, -0.2) is 57.2 Å². The molecule has 0 spiro atoms. The second-order valence-corrected chi connectivity index (χ2v) is 7.51. The minimum absolute atomic E-state index is 0.00193. The number of piperazine rings is 1. The third-order valence-corrected chi connectivity index (χ3v) is 4.22. The molecule has 2 aromatic rings. The average Bonchev–Trinajstić information content (AvgIpc) is 2.87. The summed E-state index contributed by atoms with van der Waals surface area (Å²) in [5.41, 5.74) is 0.595. The first-order chi connectivity index (χ1) is 10.8. The molecule has 124 valence electrons. The number of imidazole rings is 1. The largest absolute Gasteiger partial charge is 0.352 e. The number of anilines is 1. The molecule has 0 atom stereocenters. The monoisotopic (exact) mass is 380 g/mol. The Balaban J connectivity index is 1.66. The van der Waals surface area contributed by atoms with Crippen molar-refractivity contribution < 1.29 is 4.79 Å². The predicted molar refractivity (Wildman–Crippen MR) is 92.8 cm³/mol. The Kier molecular flexibility index (Phi) is 4.18. The Bertz CT molecular complexity index is 714. The van der Waals surface area contributed by atoms with Crippen LogP contribution in [0.25, 0.3) is 5.65 Å². The van der Waals surface area contributed by atoms with Crippen LogP contribution in [0.5, 0.6) is 0 Å². The molecule has 1 aliphatic heterocycles. The molecule has 1 fully saturated rings. The van der Waals surface area contributed by atoms with E-state index in [0.29, 0.717) is 13.1 Å². The Morgan fingerprint density at radius 2 is 1.91 bits per heavy atom. The van der Waals surface area contributed by atoms with Crippen molar-refractivity contribution in [1.29, 1.82) is 0 Å². The van der Waals surface area contributed by atoms with E-state index >= 15 is 0 Å². The van der Waals surface area contributed by atoms with Gasteiger partial charge in [-0.1, -0.05) is 0 Å². The SMILES string of the molecule is CC(C)(C)NC(=O)N1CCN(c2ccc3ncc(Br)n3n2)CC1. The van der Waals surface area contributed by atoms with Crippen LogP contribution in [-0.2, 0) is 0 Å². The first-order valence-electron chi connectivity index (χ1n) is 7.66. The number of amides is 2. The maximum Gasteiger partial charge on any atom is 0.317 e. The lowest BCUT2D eigenvalue weighted by Crippen LogP contribution is -2.55. The summed E-state index contributed by atoms with van der Waals surface area (Å²) in [5, 5.41) is 7.61. The van der Waals surface area contributed by atoms with E-state index < -0.39 is 0 Å². The zero-order valence-electron chi connectivity index (χ0n) is 13.6. The second-order valence-electron chi connectivity index (χ2n) is 6.70. The van der Waals surface area contributed by atoms with Crippen LogP contribution >= 0.6 is 15.9 Å². The van der Waals surface area contributed by atoms with E-state index in [2.05, 4.69) is 36.2 Å². The van der Waals surface area contributed by atoms with Gasteiger partial charge in [0.1, 0.15) is 10.4 Å². The van der Waals surface area contributed by atoms with Crippen molar-refractivity contribution in [3.63, 3.8) is 0 Å². The lowest BCUT2D eigenvalue weighted by atomic mass is 10.1. The summed E-state index contributed by atoms with van der Waals surface area (Å²) in [6.45, 7) is 8.88. The topological polar surface area (TPSA) is 65.8 Å². The van der Waals surface area contributed by atoms with Crippen LogP contribution in [0.1, 0.15) is 20.8 Å². The van der Waals surface area contributed by atoms with E-state index in [1.807, 2.05) is 37.8 Å². The summed E-state index contributed by atoms with van der Waals surface area (Å²) in [7, 11) is 0. The number of rotatable bonds is 1. The van der Waals surface area contributed by atoms with E-state index in [0.717, 1.165) is 29.2 Å². The second kappa shape index (κ2) is 5.99. The highest BCUT2D eigenvalue weighted by atomic mass is 79.9. The first-order valence-corrected chi connectivity index (χ1v) is 8.45. The van der Waals surface area contributed by atoms with Gasteiger partial charge in [-0.25, -0.2) is 14.3 Å². The molecule has 7 nitrogen and oxygen atoms in total. The van der Waals surface area contributed by atoms with Gasteiger partial charge in [0.05, 0.1) is 6.20 Å². The quantitative estimate of drug-likeness (QED) is 0.822. The summed E-state index contributed by atoms with van der Waals surface area (Å²) in [6, 6.07) is 3.92. The van der Waals surface area contributed by atoms with Crippen molar-refractivity contribution in [2.24, 2.45) is 0 Å². The molecule has 3 rings (SSSR count). The fraction of sp³-hybridized carbons (Fsp3) is 0.533. The molecule has 23 heavy (non-hydrogen) atoms. The number of nitrogens with one attached hydrogen (secondary N) is 1. The number of carbonyl (C=O) groups excluding carboxylic acids is 1. The molecular weight excluding hydrogens is 360 g/mol. The lowest BCUT2D eigenvalue weighted by Gasteiger charge is -2.36. The molecule has 1 N–H and O–H groups in total. The van der Waals surface area contributed by atoms with Gasteiger partial charge in [-0.15, -0.1) is 5.10 Å². The number of carbonyl (C=O) groups is 1. The highest BCUT2D eigenvalue weighted by Gasteiger charge is 2.24. The summed E-state index contributed by atoms with van der Waals surface area (Å²) >= 11 is 3.44. The summed E-state index contributed by atoms with van der Waals surface area (Å²) in [4.78, 5) is 20.5. The van der Waals surface area contributed by atoms with Gasteiger partial charge in [0.25, 0.3) is 0 Å². The van der Waals surface area contributed by atoms with Gasteiger partial charge in [-0.2, -0.15) is 0 Å². The van der Waals surface area contributed by atoms with Crippen LogP contribution in [0.15, 0.2) is 22.9 Å². The molecule has 3 heterocycles. The van der Waals surface area contributed by atoms with E-state index in [4.69, 9.17) is 0 Å². The molecule has 2 amide bonds. The number of nitrogens with zero attached hydrogens (tertiary/aromatic N) is 5. The van der Waals surface area contributed by atoms with Crippen molar-refractivity contribution in [3.05, 3.63) is 22.9 Å². The molecule has 2 aromatic heterocycles. The van der Waals surface area contributed by atoms with Gasteiger partial charge in [-0.05, 0) is 48.8 Å². The van der Waals surface area contributed by atoms with Crippen LogP contribution in [0.4, 0.5) is 10.6 Å². The Morgan fingerprint density at radius 3 is 2.57 bits per heavy atom. The number of fused-ring (bicyclic) bond motifs is 1. The Morgan fingerprint density at radius 1 is 1.22 bits per heavy atom. The minimum Gasteiger partial charge on any atom is -0.352 e. The molecule has 1 saturated heterocycles. The zero-order valence-corrected chi connectivity index (χ0v) is 15.2. The Labute approximate surface area is 143 Å². The van der Waals surface area contributed by atoms with Crippen LogP contribution in [0.2, 0.25) is 0 Å². The highest BCUT2D eigenvalue weighted by molar-refractivity contribution is 9.10. The van der Waals surface area contributed by atoms with Gasteiger partial charge < -0.3 is 15.1 Å². The fourth-order valence-corrected chi connectivity index (χ4v) is 2.91. The number of hydrogen-bond acceptors (Lipinski definition) is 4. The maximum atomic E-state index is 12.2. The number of aromatic nitrogens is 3. The van der Waals surface area contributed by atoms with E-state index in [9.17, 15) is 4.79 Å². The molecule has 1 aliphatic rings. The van der Waals surface area contributed by atoms with Crippen LogP contribution in [0, 0.1) is 0 Å². The Hall–Kier alpha value is -1.83. The summed E-state index contributed by atoms with van der Waals surface area (Å²) < 4.78 is 2.60. The number of hydrogen-bond donors (Lipinski definition) is 1. The molecule has 0 bridgehead atoms. The van der Waals surface area contributed by atoms with Gasteiger partial charge >= 0.3 is 6.03 Å². The third kappa shape index (κ3) is 3.57. The molecule has 0 saturated carbocycles. The molecule has 0 radical (unpaired) electrons. The van der Waals surface area contributed by atoms with Crippen molar-refractivity contribution in [2.75, 3.05) is 31.1 Å². The lowest BCUT2D eigenvalue weighted by molar-refractivity contribution is 0.185. The van der Waals surface area contributed by atoms with Crippen LogP contribution in [0.3, 0.4) is 0 Å². The predicted octanol–water partition coefficient (Wildman–Crippen LogP) is 2.12. The van der Waals surface area contributed by atoms with E-state index in [1.165, 1.54) is 0 Å². The molecule has 0 unspecified atom stereocenters. The standard InChI is InChI=1S/C15H21BrN6O/c1-15(2,3)18-14(23)21-8-6-20(7-9-21)13-5-4-12-17-10-11(16)22(12)19-13/h4-5,10H,6-9H2,1-3H3,(H,18,23). The van der Waals surface area contributed by atoms with Crippen molar-refractivity contribution in [2.45, 2.75) is 26.3 Å². The smallest absolute Gasteiger partial charge is 0.317 e. The molecule has 0 aromatic carbocycles. The van der Waals surface area contributed by atoms with E-state index in [1.54, 1.807) is 10.7 Å². The van der Waals surface area contributed by atoms with Gasteiger partial charge in [0.15, 0.2) is 5.65 Å². The molecule has 0 aliphatic carbocycles. The normalized spacial score (nSPS) is 16.0. The van der Waals surface area contributed by atoms with Gasteiger partial charge in [0, 0.05) is 31.7 Å². The molecule has 8 heteroatoms. The molecular formula is C15H21BrN6O. The van der Waals surface area contributed by atoms with Crippen molar-refractivity contribution in [3.8, 4) is 0 Å².